The Morgan fingerprint density at radius 3 is 2.84 bits per heavy atom. The van der Waals surface area contributed by atoms with Crippen LogP contribution < -0.4 is 10.0 Å². The van der Waals surface area contributed by atoms with Crippen LogP contribution in [0.25, 0.3) is 0 Å². The highest BCUT2D eigenvalue weighted by Gasteiger charge is 2.25. The molecule has 0 bridgehead atoms. The highest BCUT2D eigenvalue weighted by Crippen LogP contribution is 2.21. The number of morpholine rings is 1. The van der Waals surface area contributed by atoms with E-state index in [1.165, 1.54) is 0 Å². The van der Waals surface area contributed by atoms with Gasteiger partial charge in [-0.2, -0.15) is 5.10 Å². The van der Waals surface area contributed by atoms with Gasteiger partial charge in [0.25, 0.3) is 0 Å². The average Bonchev–Trinajstić information content (AvgIpc) is 3.19. The van der Waals surface area contributed by atoms with E-state index in [9.17, 15) is 8.42 Å². The smallest absolute Gasteiger partial charge is 0.213 e. The second-order valence-corrected chi connectivity index (χ2v) is 9.57. The molecule has 31 heavy (non-hydrogen) atoms. The second-order valence-electron chi connectivity index (χ2n) is 7.64. The maximum atomic E-state index is 12.3. The molecular formula is C19H35IN6O4S. The molecule has 178 valence electrons. The number of aromatic nitrogens is 2. The van der Waals surface area contributed by atoms with Gasteiger partial charge in [-0.15, -0.1) is 24.0 Å². The molecule has 0 aliphatic carbocycles. The number of nitrogens with one attached hydrogen (secondary N) is 2. The van der Waals surface area contributed by atoms with Crippen molar-refractivity contribution >= 4 is 40.0 Å². The molecule has 3 rings (SSSR count). The van der Waals surface area contributed by atoms with Crippen LogP contribution in [0.5, 0.6) is 0 Å². The first-order valence-corrected chi connectivity index (χ1v) is 12.3. The SMILES string of the molecule is CCNC(=NCCS(=O)(=O)NCC1CCCCO1)N1CCOC(c2cnn(C)c2)C1.I. The van der Waals surface area contributed by atoms with Gasteiger partial charge in [-0.1, -0.05) is 0 Å². The summed E-state index contributed by atoms with van der Waals surface area (Å²) >= 11 is 0. The Kier molecular flexibility index (Phi) is 11.0. The summed E-state index contributed by atoms with van der Waals surface area (Å²) in [6, 6.07) is 0. The second kappa shape index (κ2) is 12.9. The standard InChI is InChI=1S/C19H34N6O4S.HI/c1-3-20-19(25-8-10-29-18(15-25)16-12-22-24(2)14-16)21-7-11-30(26,27)23-13-17-6-4-5-9-28-17;/h12,14,17-18,23H,3-11,13,15H2,1-2H3,(H,20,21);1H. The molecule has 1 aromatic heterocycles. The molecule has 12 heteroatoms. The summed E-state index contributed by atoms with van der Waals surface area (Å²) in [6.45, 7) is 5.86. The van der Waals surface area contributed by atoms with Crippen LogP contribution in [0.1, 0.15) is 37.9 Å². The minimum atomic E-state index is -3.39. The predicted molar refractivity (Wildman–Crippen MR) is 130 cm³/mol. The quantitative estimate of drug-likeness (QED) is 0.271. The normalized spacial score (nSPS) is 22.8. The highest BCUT2D eigenvalue weighted by molar-refractivity contribution is 14.0. The van der Waals surface area contributed by atoms with Crippen LogP contribution in [0.15, 0.2) is 17.4 Å². The van der Waals surface area contributed by atoms with E-state index in [-0.39, 0.29) is 48.5 Å². The molecule has 0 aromatic carbocycles. The van der Waals surface area contributed by atoms with Crippen molar-refractivity contribution in [2.45, 2.75) is 38.4 Å². The molecule has 2 aliphatic heterocycles. The van der Waals surface area contributed by atoms with Crippen molar-refractivity contribution < 1.29 is 17.9 Å². The Morgan fingerprint density at radius 2 is 2.16 bits per heavy atom. The van der Waals surface area contributed by atoms with E-state index in [4.69, 9.17) is 9.47 Å². The zero-order valence-electron chi connectivity index (χ0n) is 18.3. The van der Waals surface area contributed by atoms with Gasteiger partial charge in [0.1, 0.15) is 6.10 Å². The predicted octanol–water partition coefficient (Wildman–Crippen LogP) is 0.865. The van der Waals surface area contributed by atoms with Crippen molar-refractivity contribution in [3.63, 3.8) is 0 Å². The van der Waals surface area contributed by atoms with Gasteiger partial charge in [0.15, 0.2) is 5.96 Å². The molecular weight excluding hydrogens is 535 g/mol. The van der Waals surface area contributed by atoms with Crippen molar-refractivity contribution in [2.24, 2.45) is 12.0 Å². The van der Waals surface area contributed by atoms with Gasteiger partial charge >= 0.3 is 0 Å². The fraction of sp³-hybridized carbons (Fsp3) is 0.789. The molecule has 10 nitrogen and oxygen atoms in total. The number of ether oxygens (including phenoxy) is 2. The molecule has 2 fully saturated rings. The summed E-state index contributed by atoms with van der Waals surface area (Å²) in [5.74, 6) is 0.658. The van der Waals surface area contributed by atoms with E-state index in [1.807, 2.05) is 26.4 Å². The van der Waals surface area contributed by atoms with E-state index in [0.29, 0.717) is 45.4 Å². The van der Waals surface area contributed by atoms with Gasteiger partial charge in [-0.3, -0.25) is 9.67 Å². The fourth-order valence-corrected chi connectivity index (χ4v) is 4.52. The summed E-state index contributed by atoms with van der Waals surface area (Å²) in [5, 5.41) is 7.48. The van der Waals surface area contributed by atoms with Gasteiger partial charge in [0, 0.05) is 45.0 Å². The van der Waals surface area contributed by atoms with Gasteiger partial charge in [0.05, 0.1) is 37.8 Å². The van der Waals surface area contributed by atoms with Crippen LogP contribution in [0, 0.1) is 0 Å². The van der Waals surface area contributed by atoms with Crippen LogP contribution >= 0.6 is 24.0 Å². The van der Waals surface area contributed by atoms with Crippen molar-refractivity contribution in [3.05, 3.63) is 18.0 Å². The zero-order valence-corrected chi connectivity index (χ0v) is 21.5. The number of halogens is 1. The lowest BCUT2D eigenvalue weighted by Crippen LogP contribution is -2.48. The topological polar surface area (TPSA) is 110 Å². The lowest BCUT2D eigenvalue weighted by molar-refractivity contribution is -0.00802. The van der Waals surface area contributed by atoms with Crippen molar-refractivity contribution in [1.29, 1.82) is 0 Å². The van der Waals surface area contributed by atoms with E-state index >= 15 is 0 Å². The van der Waals surface area contributed by atoms with Gasteiger partial charge in [-0.25, -0.2) is 13.1 Å². The summed E-state index contributed by atoms with van der Waals surface area (Å²) in [5.41, 5.74) is 1.02. The number of rotatable bonds is 8. The molecule has 2 atom stereocenters. The van der Waals surface area contributed by atoms with Crippen LogP contribution in [-0.2, 0) is 26.5 Å². The first-order chi connectivity index (χ1) is 14.5. The van der Waals surface area contributed by atoms with E-state index in [0.717, 1.165) is 24.8 Å². The Bertz CT molecular complexity index is 797. The summed E-state index contributed by atoms with van der Waals surface area (Å²) in [6.07, 6.45) is 6.69. The Balaban J connectivity index is 0.00000341. The number of guanidine groups is 1. The number of sulfonamides is 1. The van der Waals surface area contributed by atoms with Crippen LogP contribution in [0.3, 0.4) is 0 Å². The molecule has 1 aromatic rings. The third kappa shape index (κ3) is 8.48. The number of aliphatic imine (C=N–C) groups is 1. The minimum absolute atomic E-state index is 0. The van der Waals surface area contributed by atoms with Gasteiger partial charge in [-0.05, 0) is 26.2 Å². The average molecular weight is 570 g/mol. The van der Waals surface area contributed by atoms with Crippen molar-refractivity contribution in [3.8, 4) is 0 Å². The molecule has 0 saturated carbocycles. The van der Waals surface area contributed by atoms with E-state index < -0.39 is 10.0 Å². The van der Waals surface area contributed by atoms with Gasteiger partial charge in [0.2, 0.25) is 10.0 Å². The largest absolute Gasteiger partial charge is 0.377 e. The van der Waals surface area contributed by atoms with Crippen LogP contribution in [0.2, 0.25) is 0 Å². The Labute approximate surface area is 202 Å². The molecule has 0 amide bonds. The molecule has 0 spiro atoms. The van der Waals surface area contributed by atoms with E-state index in [2.05, 4.69) is 25.0 Å². The molecule has 0 radical (unpaired) electrons. The summed E-state index contributed by atoms with van der Waals surface area (Å²) < 4.78 is 40.5. The summed E-state index contributed by atoms with van der Waals surface area (Å²) in [7, 11) is -1.51. The van der Waals surface area contributed by atoms with E-state index in [1.54, 1.807) is 4.68 Å². The maximum Gasteiger partial charge on any atom is 0.213 e. The number of aryl methyl sites for hydroxylation is 1. The zero-order chi connectivity index (χ0) is 21.4. The number of nitrogens with zero attached hydrogens (tertiary/aromatic N) is 4. The first-order valence-electron chi connectivity index (χ1n) is 10.7. The highest BCUT2D eigenvalue weighted by atomic mass is 127. The number of hydrogen-bond donors (Lipinski definition) is 2. The molecule has 3 heterocycles. The Hall–Kier alpha value is -0.960. The van der Waals surface area contributed by atoms with Crippen molar-refractivity contribution in [1.82, 2.24) is 24.7 Å². The fourth-order valence-electron chi connectivity index (χ4n) is 3.61. The summed E-state index contributed by atoms with van der Waals surface area (Å²) in [4.78, 5) is 6.67. The maximum absolute atomic E-state index is 12.3. The molecule has 2 N–H and O–H groups in total. The van der Waals surface area contributed by atoms with Crippen molar-refractivity contribution in [2.75, 3.05) is 51.7 Å². The molecule has 2 saturated heterocycles. The van der Waals surface area contributed by atoms with Crippen LogP contribution in [0.4, 0.5) is 0 Å². The third-order valence-corrected chi connectivity index (χ3v) is 6.55. The first kappa shape index (κ1) is 26.3. The lowest BCUT2D eigenvalue weighted by atomic mass is 10.1. The lowest BCUT2D eigenvalue weighted by Gasteiger charge is -2.34. The minimum Gasteiger partial charge on any atom is -0.377 e. The monoisotopic (exact) mass is 570 g/mol. The molecule has 2 aliphatic rings. The third-order valence-electron chi connectivity index (χ3n) is 5.22. The number of hydrogen-bond acceptors (Lipinski definition) is 6. The van der Waals surface area contributed by atoms with Crippen LogP contribution in [-0.4, -0.2) is 86.9 Å². The molecule has 2 unspecified atom stereocenters. The van der Waals surface area contributed by atoms with Gasteiger partial charge < -0.3 is 19.7 Å². The Morgan fingerprint density at radius 1 is 1.32 bits per heavy atom.